The summed E-state index contributed by atoms with van der Waals surface area (Å²) < 4.78 is 6.82. The number of hydrogen-bond acceptors (Lipinski definition) is 2. The summed E-state index contributed by atoms with van der Waals surface area (Å²) in [6.45, 7) is 3.83. The van der Waals surface area contributed by atoms with Crippen molar-refractivity contribution in [3.8, 4) is 11.5 Å². The van der Waals surface area contributed by atoms with Crippen LogP contribution < -0.4 is 4.74 Å². The normalized spacial score (nSPS) is 12.4. The van der Waals surface area contributed by atoms with E-state index in [4.69, 9.17) is 4.74 Å². The van der Waals surface area contributed by atoms with Gasteiger partial charge in [0.15, 0.2) is 0 Å². The van der Waals surface area contributed by atoms with Crippen LogP contribution in [0.15, 0.2) is 78.9 Å². The predicted molar refractivity (Wildman–Crippen MR) is 126 cm³/mol. The number of nitrogens with zero attached hydrogens (tertiary/aromatic N) is 1. The number of quaternary nitrogens is 1. The van der Waals surface area contributed by atoms with Gasteiger partial charge in [-0.05, 0) is 58.5 Å². The molecule has 0 heterocycles. The summed E-state index contributed by atoms with van der Waals surface area (Å²) in [6, 6.07) is 26.3. The first kappa shape index (κ1) is 21.7. The number of benzene rings is 3. The molecule has 1 N–H and O–H groups in total. The van der Waals surface area contributed by atoms with E-state index >= 15 is 0 Å². The highest BCUT2D eigenvalue weighted by molar-refractivity contribution is 5.98. The van der Waals surface area contributed by atoms with E-state index in [-0.39, 0.29) is 5.75 Å². The molecule has 3 nitrogen and oxygen atoms in total. The summed E-state index contributed by atoms with van der Waals surface area (Å²) in [4.78, 5) is 0. The van der Waals surface area contributed by atoms with E-state index in [2.05, 4.69) is 64.5 Å². The Morgan fingerprint density at radius 3 is 1.87 bits per heavy atom. The van der Waals surface area contributed by atoms with Gasteiger partial charge in [-0.3, -0.25) is 0 Å². The highest BCUT2D eigenvalue weighted by Crippen LogP contribution is 2.35. The lowest BCUT2D eigenvalue weighted by Gasteiger charge is -2.23. The monoisotopic (exact) mass is 402 g/mol. The molecule has 3 rings (SSSR count). The number of rotatable bonds is 8. The Hall–Kier alpha value is -3.04. The molecule has 0 aliphatic heterocycles. The maximum atomic E-state index is 9.76. The van der Waals surface area contributed by atoms with Crippen molar-refractivity contribution in [3.63, 3.8) is 0 Å². The van der Waals surface area contributed by atoms with Gasteiger partial charge in [0.05, 0.1) is 21.1 Å². The maximum absolute atomic E-state index is 9.76. The molecule has 3 aromatic carbocycles. The van der Waals surface area contributed by atoms with E-state index in [0.717, 1.165) is 34.3 Å². The Bertz CT molecular complexity index is 966. The topological polar surface area (TPSA) is 29.5 Å². The number of allylic oxidation sites excluding steroid dienone is 1. The molecule has 0 saturated heterocycles. The van der Waals surface area contributed by atoms with Crippen LogP contribution in [0.3, 0.4) is 0 Å². The van der Waals surface area contributed by atoms with E-state index in [1.807, 2.05) is 30.3 Å². The van der Waals surface area contributed by atoms with Gasteiger partial charge in [-0.2, -0.15) is 0 Å². The van der Waals surface area contributed by atoms with Crippen LogP contribution in [0.1, 0.15) is 30.0 Å². The molecule has 0 spiro atoms. The molecule has 30 heavy (non-hydrogen) atoms. The Kier molecular flexibility index (Phi) is 6.96. The van der Waals surface area contributed by atoms with Gasteiger partial charge in [0.1, 0.15) is 24.7 Å². The van der Waals surface area contributed by atoms with Gasteiger partial charge in [-0.25, -0.2) is 0 Å². The summed E-state index contributed by atoms with van der Waals surface area (Å²) in [5.74, 6) is 1.16. The van der Waals surface area contributed by atoms with Crippen LogP contribution in [-0.4, -0.2) is 43.9 Å². The molecular formula is C27H32NO2+. The molecule has 0 fully saturated rings. The first-order valence-electron chi connectivity index (χ1n) is 10.5. The zero-order chi connectivity index (χ0) is 21.6. The number of phenols is 1. The molecule has 0 aromatic heterocycles. The average molecular weight is 403 g/mol. The summed E-state index contributed by atoms with van der Waals surface area (Å²) in [5, 5.41) is 9.76. The van der Waals surface area contributed by atoms with Gasteiger partial charge in [0.2, 0.25) is 0 Å². The Labute approximate surface area is 180 Å². The highest BCUT2D eigenvalue weighted by Gasteiger charge is 2.13. The minimum absolute atomic E-state index is 0.275. The SMILES string of the molecule is CC/C(=C(/c1ccc(O)cc1)c1ccc(OCC[N+](C)(C)C)cc1)c1ccccc1. The number of ether oxygens (including phenoxy) is 1. The molecule has 0 saturated carbocycles. The largest absolute Gasteiger partial charge is 0.508 e. The lowest BCUT2D eigenvalue weighted by Crippen LogP contribution is -2.38. The predicted octanol–water partition coefficient (Wildman–Crippen LogP) is 5.85. The van der Waals surface area contributed by atoms with Gasteiger partial charge in [-0.15, -0.1) is 0 Å². The van der Waals surface area contributed by atoms with Crippen molar-refractivity contribution < 1.29 is 14.3 Å². The molecule has 3 aromatic rings. The second-order valence-corrected chi connectivity index (χ2v) is 8.51. The van der Waals surface area contributed by atoms with Gasteiger partial charge < -0.3 is 14.3 Å². The molecule has 0 unspecified atom stereocenters. The number of aromatic hydroxyl groups is 1. The quantitative estimate of drug-likeness (QED) is 0.378. The van der Waals surface area contributed by atoms with Crippen LogP contribution >= 0.6 is 0 Å². The molecule has 156 valence electrons. The van der Waals surface area contributed by atoms with Crippen LogP contribution in [0.25, 0.3) is 11.1 Å². The molecule has 3 heteroatoms. The van der Waals surface area contributed by atoms with Crippen molar-refractivity contribution >= 4 is 11.1 Å². The Balaban J connectivity index is 1.99. The van der Waals surface area contributed by atoms with E-state index < -0.39 is 0 Å². The third-order valence-corrected chi connectivity index (χ3v) is 5.11. The zero-order valence-corrected chi connectivity index (χ0v) is 18.4. The Morgan fingerprint density at radius 2 is 1.33 bits per heavy atom. The molecule has 0 atom stereocenters. The van der Waals surface area contributed by atoms with E-state index in [0.29, 0.717) is 6.61 Å². The zero-order valence-electron chi connectivity index (χ0n) is 18.4. The fourth-order valence-corrected chi connectivity index (χ4v) is 3.46. The van der Waals surface area contributed by atoms with Crippen molar-refractivity contribution in [1.82, 2.24) is 0 Å². The van der Waals surface area contributed by atoms with Crippen molar-refractivity contribution in [3.05, 3.63) is 95.6 Å². The lowest BCUT2D eigenvalue weighted by molar-refractivity contribution is -0.870. The van der Waals surface area contributed by atoms with E-state index in [1.54, 1.807) is 12.1 Å². The summed E-state index contributed by atoms with van der Waals surface area (Å²) in [6.07, 6.45) is 0.905. The first-order chi connectivity index (χ1) is 14.4. The molecular weight excluding hydrogens is 370 g/mol. The van der Waals surface area contributed by atoms with Crippen molar-refractivity contribution in [2.24, 2.45) is 0 Å². The standard InChI is InChI=1S/C27H31NO2/c1-5-26(21-9-7-6-8-10-21)27(22-11-15-24(29)16-12-22)23-13-17-25(18-14-23)30-20-19-28(2,3)4/h6-18H,5,19-20H2,1-4H3/p+1/b27-26+. The minimum atomic E-state index is 0.275. The van der Waals surface area contributed by atoms with Crippen LogP contribution in [0.4, 0.5) is 0 Å². The van der Waals surface area contributed by atoms with Crippen LogP contribution in [0.2, 0.25) is 0 Å². The van der Waals surface area contributed by atoms with Crippen molar-refractivity contribution in [2.45, 2.75) is 13.3 Å². The summed E-state index contributed by atoms with van der Waals surface area (Å²) >= 11 is 0. The smallest absolute Gasteiger partial charge is 0.137 e. The number of likely N-dealkylation sites (N-methyl/N-ethyl adjacent to an activating group) is 1. The lowest BCUT2D eigenvalue weighted by atomic mass is 9.88. The van der Waals surface area contributed by atoms with Crippen LogP contribution in [0.5, 0.6) is 11.5 Å². The van der Waals surface area contributed by atoms with Crippen LogP contribution in [-0.2, 0) is 0 Å². The second-order valence-electron chi connectivity index (χ2n) is 8.51. The summed E-state index contributed by atoms with van der Waals surface area (Å²) in [7, 11) is 6.49. The van der Waals surface area contributed by atoms with Crippen LogP contribution in [0, 0.1) is 0 Å². The molecule has 0 aliphatic carbocycles. The molecule has 0 aliphatic rings. The third kappa shape index (κ3) is 5.74. The number of hydrogen-bond donors (Lipinski definition) is 1. The van der Waals surface area contributed by atoms with Crippen molar-refractivity contribution in [2.75, 3.05) is 34.3 Å². The maximum Gasteiger partial charge on any atom is 0.137 e. The molecule has 0 bridgehead atoms. The van der Waals surface area contributed by atoms with Gasteiger partial charge in [0, 0.05) is 0 Å². The van der Waals surface area contributed by atoms with E-state index in [1.165, 1.54) is 16.7 Å². The highest BCUT2D eigenvalue weighted by atomic mass is 16.5. The third-order valence-electron chi connectivity index (χ3n) is 5.11. The van der Waals surface area contributed by atoms with Gasteiger partial charge in [0.25, 0.3) is 0 Å². The number of phenolic OH excluding ortho intramolecular Hbond substituents is 1. The Morgan fingerprint density at radius 1 is 0.767 bits per heavy atom. The minimum Gasteiger partial charge on any atom is -0.508 e. The molecule has 0 radical (unpaired) electrons. The fourth-order valence-electron chi connectivity index (χ4n) is 3.46. The van der Waals surface area contributed by atoms with Gasteiger partial charge >= 0.3 is 0 Å². The second kappa shape index (κ2) is 9.64. The summed E-state index contributed by atoms with van der Waals surface area (Å²) in [5.41, 5.74) is 5.90. The first-order valence-corrected chi connectivity index (χ1v) is 10.5. The van der Waals surface area contributed by atoms with E-state index in [9.17, 15) is 5.11 Å². The fraction of sp³-hybridized carbons (Fsp3) is 0.259. The van der Waals surface area contributed by atoms with Crippen molar-refractivity contribution in [1.29, 1.82) is 0 Å². The average Bonchev–Trinajstić information content (AvgIpc) is 2.73. The molecule has 0 amide bonds. The van der Waals surface area contributed by atoms with Gasteiger partial charge in [-0.1, -0.05) is 61.5 Å².